The molecule has 0 saturated carbocycles. The van der Waals surface area contributed by atoms with Crippen molar-refractivity contribution in [3.05, 3.63) is 0 Å². The van der Waals surface area contributed by atoms with Gasteiger partial charge in [0.15, 0.2) is 0 Å². The summed E-state index contributed by atoms with van der Waals surface area (Å²) < 4.78 is 23.7. The van der Waals surface area contributed by atoms with E-state index < -0.39 is 10.0 Å². The Morgan fingerprint density at radius 1 is 1.04 bits per heavy atom. The van der Waals surface area contributed by atoms with E-state index in [0.717, 1.165) is 10.6 Å². The third-order valence-electron chi connectivity index (χ3n) is 4.12. The largest absolute Gasteiger partial charge is 0.342 e. The van der Waals surface area contributed by atoms with Crippen molar-refractivity contribution in [2.45, 2.75) is 13.8 Å². The summed E-state index contributed by atoms with van der Waals surface area (Å²) in [4.78, 5) is 29.7. The van der Waals surface area contributed by atoms with Crippen LogP contribution in [0.2, 0.25) is 0 Å². The van der Waals surface area contributed by atoms with Crippen molar-refractivity contribution in [3.63, 3.8) is 0 Å². The highest BCUT2D eigenvalue weighted by Crippen LogP contribution is 2.05. The van der Waals surface area contributed by atoms with E-state index in [1.165, 1.54) is 7.05 Å². The van der Waals surface area contributed by atoms with E-state index in [1.807, 2.05) is 18.7 Å². The third-order valence-corrected chi connectivity index (χ3v) is 5.39. The Kier molecular flexibility index (Phi) is 7.43. The fourth-order valence-corrected chi connectivity index (χ4v) is 2.78. The molecular weight excluding hydrogens is 320 g/mol. The number of piperazine rings is 1. The number of carbonyl (C=O) groups excluding carboxylic acids is 2. The molecule has 2 amide bonds. The lowest BCUT2D eigenvalue weighted by molar-refractivity contribution is -0.135. The molecule has 0 aromatic carbocycles. The molecule has 1 aliphatic rings. The average molecular weight is 348 g/mol. The number of carbonyl (C=O) groups is 2. The van der Waals surface area contributed by atoms with Gasteiger partial charge >= 0.3 is 0 Å². The monoisotopic (exact) mass is 348 g/mol. The lowest BCUT2D eigenvalue weighted by atomic mass is 10.3. The van der Waals surface area contributed by atoms with Crippen LogP contribution in [-0.4, -0.2) is 105 Å². The summed E-state index contributed by atoms with van der Waals surface area (Å²) in [5, 5.41) is 0. The van der Waals surface area contributed by atoms with Gasteiger partial charge in [0.25, 0.3) is 0 Å². The van der Waals surface area contributed by atoms with Crippen molar-refractivity contribution >= 4 is 21.8 Å². The summed E-state index contributed by atoms with van der Waals surface area (Å²) in [6.45, 7) is 7.82. The van der Waals surface area contributed by atoms with Crippen molar-refractivity contribution in [2.75, 3.05) is 65.7 Å². The molecule has 0 aromatic heterocycles. The van der Waals surface area contributed by atoms with E-state index in [9.17, 15) is 18.0 Å². The van der Waals surface area contributed by atoms with Crippen LogP contribution < -0.4 is 0 Å². The second-order valence-corrected chi connectivity index (χ2v) is 7.83. The highest BCUT2D eigenvalue weighted by atomic mass is 32.2. The summed E-state index contributed by atoms with van der Waals surface area (Å²) in [6, 6.07) is 0. The summed E-state index contributed by atoms with van der Waals surface area (Å²) >= 11 is 0. The number of rotatable bonds is 7. The van der Waals surface area contributed by atoms with Crippen LogP contribution in [0.5, 0.6) is 0 Å². The lowest BCUT2D eigenvalue weighted by Gasteiger charge is -2.35. The van der Waals surface area contributed by atoms with E-state index in [-0.39, 0.29) is 18.4 Å². The Balaban J connectivity index is 2.43. The van der Waals surface area contributed by atoms with Gasteiger partial charge in [0.05, 0.1) is 19.3 Å². The number of likely N-dealkylation sites (N-methyl/N-ethyl adjacent to an activating group) is 2. The first kappa shape index (κ1) is 19.9. The molecule has 1 saturated heterocycles. The van der Waals surface area contributed by atoms with E-state index in [0.29, 0.717) is 45.8 Å². The predicted octanol–water partition coefficient (Wildman–Crippen LogP) is -1.11. The fourth-order valence-electron chi connectivity index (χ4n) is 2.43. The Hall–Kier alpha value is -1.19. The standard InChI is InChI=1S/C14H28N4O4S/c1-5-17(6-2)14(20)12-16-7-9-18(10-8-16)13(19)11-15(3)23(4,21)22/h5-12H2,1-4H3. The van der Waals surface area contributed by atoms with Gasteiger partial charge in [-0.3, -0.25) is 14.5 Å². The zero-order chi connectivity index (χ0) is 17.6. The van der Waals surface area contributed by atoms with Crippen LogP contribution in [0.4, 0.5) is 0 Å². The average Bonchev–Trinajstić information content (AvgIpc) is 2.48. The van der Waals surface area contributed by atoms with E-state index in [4.69, 9.17) is 0 Å². The molecule has 0 unspecified atom stereocenters. The van der Waals surface area contributed by atoms with Gasteiger partial charge in [-0.25, -0.2) is 8.42 Å². The number of nitrogens with zero attached hydrogens (tertiary/aromatic N) is 4. The number of amides is 2. The molecule has 1 aliphatic heterocycles. The Bertz CT molecular complexity index is 511. The molecule has 0 aliphatic carbocycles. The van der Waals surface area contributed by atoms with E-state index >= 15 is 0 Å². The van der Waals surface area contributed by atoms with E-state index in [2.05, 4.69) is 0 Å². The Labute approximate surface area is 139 Å². The van der Waals surface area contributed by atoms with Crippen LogP contribution in [-0.2, 0) is 19.6 Å². The molecule has 23 heavy (non-hydrogen) atoms. The van der Waals surface area contributed by atoms with Gasteiger partial charge in [-0.15, -0.1) is 0 Å². The van der Waals surface area contributed by atoms with Crippen molar-refractivity contribution < 1.29 is 18.0 Å². The first-order valence-electron chi connectivity index (χ1n) is 7.88. The van der Waals surface area contributed by atoms with Crippen LogP contribution in [0, 0.1) is 0 Å². The summed E-state index contributed by atoms with van der Waals surface area (Å²) in [7, 11) is -1.96. The molecular formula is C14H28N4O4S. The first-order valence-corrected chi connectivity index (χ1v) is 9.73. The summed E-state index contributed by atoms with van der Waals surface area (Å²) in [5.41, 5.74) is 0. The SMILES string of the molecule is CCN(CC)C(=O)CN1CCN(C(=O)CN(C)S(C)(=O)=O)CC1. The maximum Gasteiger partial charge on any atom is 0.237 e. The van der Waals surface area contributed by atoms with Crippen molar-refractivity contribution in [1.29, 1.82) is 0 Å². The molecule has 0 spiro atoms. The van der Waals surface area contributed by atoms with Crippen LogP contribution in [0.25, 0.3) is 0 Å². The number of hydrogen-bond acceptors (Lipinski definition) is 5. The van der Waals surface area contributed by atoms with Gasteiger partial charge in [-0.2, -0.15) is 4.31 Å². The van der Waals surface area contributed by atoms with Crippen molar-refractivity contribution in [2.24, 2.45) is 0 Å². The number of hydrogen-bond donors (Lipinski definition) is 0. The molecule has 8 nitrogen and oxygen atoms in total. The van der Waals surface area contributed by atoms with Crippen LogP contribution in [0.3, 0.4) is 0 Å². The highest BCUT2D eigenvalue weighted by molar-refractivity contribution is 7.88. The lowest BCUT2D eigenvalue weighted by Crippen LogP contribution is -2.53. The Morgan fingerprint density at radius 3 is 2.00 bits per heavy atom. The maximum absolute atomic E-state index is 12.1. The summed E-state index contributed by atoms with van der Waals surface area (Å²) in [6.07, 6.45) is 1.08. The molecule has 134 valence electrons. The van der Waals surface area contributed by atoms with Crippen LogP contribution in [0.15, 0.2) is 0 Å². The zero-order valence-corrected chi connectivity index (χ0v) is 15.3. The van der Waals surface area contributed by atoms with Crippen molar-refractivity contribution in [3.8, 4) is 0 Å². The van der Waals surface area contributed by atoms with Gasteiger partial charge in [0, 0.05) is 46.3 Å². The molecule has 9 heteroatoms. The van der Waals surface area contributed by atoms with E-state index in [1.54, 1.807) is 9.80 Å². The minimum atomic E-state index is -3.35. The molecule has 0 N–H and O–H groups in total. The Morgan fingerprint density at radius 2 is 1.57 bits per heavy atom. The highest BCUT2D eigenvalue weighted by Gasteiger charge is 2.25. The second kappa shape index (κ2) is 8.60. The quantitative estimate of drug-likeness (QED) is 0.583. The molecule has 0 radical (unpaired) electrons. The van der Waals surface area contributed by atoms with Gasteiger partial charge in [0.2, 0.25) is 21.8 Å². The summed E-state index contributed by atoms with van der Waals surface area (Å²) in [5.74, 6) is -0.0979. The maximum atomic E-state index is 12.1. The van der Waals surface area contributed by atoms with Crippen LogP contribution >= 0.6 is 0 Å². The molecule has 1 heterocycles. The van der Waals surface area contributed by atoms with Gasteiger partial charge in [-0.1, -0.05) is 0 Å². The first-order chi connectivity index (χ1) is 10.7. The molecule has 1 rings (SSSR count). The van der Waals surface area contributed by atoms with Gasteiger partial charge < -0.3 is 9.80 Å². The third kappa shape index (κ3) is 6.08. The minimum Gasteiger partial charge on any atom is -0.342 e. The fraction of sp³-hybridized carbons (Fsp3) is 0.857. The van der Waals surface area contributed by atoms with Crippen LogP contribution in [0.1, 0.15) is 13.8 Å². The molecule has 0 atom stereocenters. The molecule has 0 bridgehead atoms. The van der Waals surface area contributed by atoms with Crippen molar-refractivity contribution in [1.82, 2.24) is 19.0 Å². The second-order valence-electron chi connectivity index (χ2n) is 5.74. The zero-order valence-electron chi connectivity index (χ0n) is 14.5. The van der Waals surface area contributed by atoms with Gasteiger partial charge in [0.1, 0.15) is 0 Å². The van der Waals surface area contributed by atoms with Gasteiger partial charge in [-0.05, 0) is 13.8 Å². The smallest absolute Gasteiger partial charge is 0.237 e. The topological polar surface area (TPSA) is 81.2 Å². The predicted molar refractivity (Wildman–Crippen MR) is 88.4 cm³/mol. The minimum absolute atomic E-state index is 0.103. The number of sulfonamides is 1. The molecule has 1 fully saturated rings. The molecule has 0 aromatic rings. The normalized spacial score (nSPS) is 16.7.